The van der Waals surface area contributed by atoms with Crippen LogP contribution in [0.1, 0.15) is 18.4 Å². The Labute approximate surface area is 134 Å². The second-order valence-electron chi connectivity index (χ2n) is 4.73. The molecule has 1 aromatic rings. The van der Waals surface area contributed by atoms with Crippen LogP contribution in [0.5, 0.6) is 0 Å². The fraction of sp³-hybridized carbons (Fsp3) is 0.500. The van der Waals surface area contributed by atoms with Gasteiger partial charge in [0, 0.05) is 17.6 Å². The van der Waals surface area contributed by atoms with E-state index in [2.05, 4.69) is 21.2 Å². The Balaban J connectivity index is 0.00000200. The molecule has 4 nitrogen and oxygen atoms in total. The third kappa shape index (κ3) is 5.05. The third-order valence-corrected chi connectivity index (χ3v) is 3.82. The van der Waals surface area contributed by atoms with Crippen LogP contribution in [0.4, 0.5) is 0 Å². The molecule has 1 saturated heterocycles. The fourth-order valence-corrected chi connectivity index (χ4v) is 2.43. The molecule has 1 aliphatic heterocycles. The van der Waals surface area contributed by atoms with Crippen LogP contribution in [0.15, 0.2) is 28.7 Å². The first-order chi connectivity index (χ1) is 9.19. The number of amides is 1. The predicted molar refractivity (Wildman–Crippen MR) is 85.1 cm³/mol. The number of hydrogen-bond donors (Lipinski definition) is 2. The van der Waals surface area contributed by atoms with Crippen molar-refractivity contribution in [3.05, 3.63) is 34.3 Å². The molecule has 0 radical (unpaired) electrons. The summed E-state index contributed by atoms with van der Waals surface area (Å²) >= 11 is 3.40. The lowest BCUT2D eigenvalue weighted by Crippen LogP contribution is -2.36. The average Bonchev–Trinajstić information content (AvgIpc) is 2.90. The molecule has 2 rings (SSSR count). The van der Waals surface area contributed by atoms with Crippen molar-refractivity contribution < 1.29 is 9.53 Å². The number of nitrogens with two attached hydrogens (primary N) is 1. The van der Waals surface area contributed by atoms with Gasteiger partial charge in [-0.2, -0.15) is 0 Å². The first-order valence-corrected chi connectivity index (χ1v) is 7.36. The van der Waals surface area contributed by atoms with Crippen LogP contribution in [-0.2, 0) is 16.0 Å². The summed E-state index contributed by atoms with van der Waals surface area (Å²) in [6, 6.07) is 8.10. The number of carbonyl (C=O) groups excluding carboxylic acids is 1. The molecule has 1 aliphatic rings. The van der Waals surface area contributed by atoms with Gasteiger partial charge in [-0.25, -0.2) is 0 Å². The third-order valence-electron chi connectivity index (χ3n) is 3.29. The number of nitrogens with one attached hydrogen (secondary N) is 1. The highest BCUT2D eigenvalue weighted by Crippen LogP contribution is 2.18. The maximum absolute atomic E-state index is 11.9. The molecule has 1 aromatic carbocycles. The van der Waals surface area contributed by atoms with Crippen molar-refractivity contribution in [3.63, 3.8) is 0 Å². The van der Waals surface area contributed by atoms with E-state index in [9.17, 15) is 4.79 Å². The Bertz CT molecular complexity index is 428. The molecular formula is C14H20BrClN2O2. The van der Waals surface area contributed by atoms with Gasteiger partial charge in [0.05, 0.1) is 6.10 Å². The van der Waals surface area contributed by atoms with Gasteiger partial charge in [0.15, 0.2) is 0 Å². The molecule has 0 aromatic heterocycles. The minimum absolute atomic E-state index is 0. The normalized spacial score (nSPS) is 21.3. The number of hydrogen-bond acceptors (Lipinski definition) is 3. The zero-order valence-corrected chi connectivity index (χ0v) is 13.6. The van der Waals surface area contributed by atoms with E-state index in [-0.39, 0.29) is 30.5 Å². The van der Waals surface area contributed by atoms with Crippen LogP contribution in [0, 0.1) is 0 Å². The second-order valence-corrected chi connectivity index (χ2v) is 5.64. The van der Waals surface area contributed by atoms with Gasteiger partial charge >= 0.3 is 0 Å². The predicted octanol–water partition coefficient (Wildman–Crippen LogP) is 2.04. The molecule has 0 aliphatic carbocycles. The lowest BCUT2D eigenvalue weighted by molar-refractivity contribution is -0.131. The van der Waals surface area contributed by atoms with Crippen molar-refractivity contribution in [2.24, 2.45) is 5.73 Å². The Morgan fingerprint density at radius 1 is 1.35 bits per heavy atom. The van der Waals surface area contributed by atoms with E-state index in [1.54, 1.807) is 0 Å². The first-order valence-electron chi connectivity index (χ1n) is 6.56. The fourth-order valence-electron chi connectivity index (χ4n) is 2.17. The van der Waals surface area contributed by atoms with Crippen molar-refractivity contribution in [2.45, 2.75) is 31.5 Å². The Kier molecular flexibility index (Phi) is 7.51. The van der Waals surface area contributed by atoms with Gasteiger partial charge in [0.25, 0.3) is 0 Å². The van der Waals surface area contributed by atoms with E-state index >= 15 is 0 Å². The quantitative estimate of drug-likeness (QED) is 0.841. The van der Waals surface area contributed by atoms with Crippen LogP contribution in [0.3, 0.4) is 0 Å². The maximum Gasteiger partial charge on any atom is 0.249 e. The highest BCUT2D eigenvalue weighted by Gasteiger charge is 2.29. The molecule has 0 bridgehead atoms. The summed E-state index contributed by atoms with van der Waals surface area (Å²) in [4.78, 5) is 11.9. The molecule has 0 unspecified atom stereocenters. The lowest BCUT2D eigenvalue weighted by atomic mass is 10.1. The molecule has 0 spiro atoms. The molecule has 1 fully saturated rings. The van der Waals surface area contributed by atoms with Crippen LogP contribution >= 0.6 is 28.3 Å². The molecule has 3 N–H and O–H groups in total. The Morgan fingerprint density at radius 2 is 2.05 bits per heavy atom. The zero-order valence-electron chi connectivity index (χ0n) is 11.2. The summed E-state index contributed by atoms with van der Waals surface area (Å²) in [5.74, 6) is -0.0203. The van der Waals surface area contributed by atoms with E-state index in [4.69, 9.17) is 10.5 Å². The Morgan fingerprint density at radius 3 is 2.65 bits per heavy atom. The van der Waals surface area contributed by atoms with Crippen molar-refractivity contribution in [3.8, 4) is 0 Å². The summed E-state index contributed by atoms with van der Waals surface area (Å²) in [6.07, 6.45) is 2.19. The van der Waals surface area contributed by atoms with E-state index in [1.165, 1.54) is 5.56 Å². The maximum atomic E-state index is 11.9. The molecule has 20 heavy (non-hydrogen) atoms. The highest BCUT2D eigenvalue weighted by molar-refractivity contribution is 9.10. The minimum Gasteiger partial charge on any atom is -0.364 e. The van der Waals surface area contributed by atoms with Gasteiger partial charge < -0.3 is 15.8 Å². The van der Waals surface area contributed by atoms with Crippen LogP contribution < -0.4 is 11.1 Å². The molecule has 0 saturated carbocycles. The second kappa shape index (κ2) is 8.62. The summed E-state index contributed by atoms with van der Waals surface area (Å²) in [5, 5.41) is 2.92. The van der Waals surface area contributed by atoms with E-state index in [0.29, 0.717) is 13.1 Å². The van der Waals surface area contributed by atoms with E-state index in [0.717, 1.165) is 23.7 Å². The number of halogens is 2. The van der Waals surface area contributed by atoms with E-state index < -0.39 is 0 Å². The standard InChI is InChI=1S/C14H19BrN2O2.ClH/c15-11-3-1-10(2-4-11)7-8-17-14(18)13-6-5-12(9-16)19-13;/h1-4,12-13H,5-9,16H2,(H,17,18);1H/t12-,13+;/m1./s1. The largest absolute Gasteiger partial charge is 0.364 e. The molecule has 112 valence electrons. The van der Waals surface area contributed by atoms with Crippen molar-refractivity contribution in [1.29, 1.82) is 0 Å². The SMILES string of the molecule is Cl.NC[C@H]1CC[C@@H](C(=O)NCCc2ccc(Br)cc2)O1. The minimum atomic E-state index is -0.321. The van der Waals surface area contributed by atoms with Gasteiger partial charge in [-0.3, -0.25) is 4.79 Å². The first kappa shape index (κ1) is 17.4. The molecule has 6 heteroatoms. The highest BCUT2D eigenvalue weighted by atomic mass is 79.9. The van der Waals surface area contributed by atoms with Gasteiger partial charge in [-0.1, -0.05) is 28.1 Å². The number of rotatable bonds is 5. The van der Waals surface area contributed by atoms with Gasteiger partial charge in [0.2, 0.25) is 5.91 Å². The summed E-state index contributed by atoms with van der Waals surface area (Å²) in [6.45, 7) is 1.12. The van der Waals surface area contributed by atoms with E-state index in [1.807, 2.05) is 24.3 Å². The summed E-state index contributed by atoms with van der Waals surface area (Å²) in [7, 11) is 0. The number of benzene rings is 1. The van der Waals surface area contributed by atoms with Crippen LogP contribution in [0.25, 0.3) is 0 Å². The number of ether oxygens (including phenoxy) is 1. The van der Waals surface area contributed by atoms with Crippen LogP contribution in [0.2, 0.25) is 0 Å². The molecule has 1 heterocycles. The summed E-state index contributed by atoms with van der Waals surface area (Å²) in [5.41, 5.74) is 6.73. The van der Waals surface area contributed by atoms with Crippen molar-refractivity contribution >= 4 is 34.2 Å². The molecular weight excluding hydrogens is 344 g/mol. The van der Waals surface area contributed by atoms with Crippen LogP contribution in [-0.4, -0.2) is 31.2 Å². The monoisotopic (exact) mass is 362 g/mol. The van der Waals surface area contributed by atoms with Gasteiger partial charge in [-0.15, -0.1) is 12.4 Å². The van der Waals surface area contributed by atoms with Crippen molar-refractivity contribution in [1.82, 2.24) is 5.32 Å². The lowest BCUT2D eigenvalue weighted by Gasteiger charge is -2.12. The topological polar surface area (TPSA) is 64.4 Å². The molecule has 2 atom stereocenters. The Hall–Kier alpha value is -0.620. The zero-order chi connectivity index (χ0) is 13.7. The van der Waals surface area contributed by atoms with Gasteiger partial charge in [-0.05, 0) is 37.0 Å². The smallest absolute Gasteiger partial charge is 0.249 e. The average molecular weight is 364 g/mol. The summed E-state index contributed by atoms with van der Waals surface area (Å²) < 4.78 is 6.61. The number of carbonyl (C=O) groups is 1. The molecule has 1 amide bonds. The van der Waals surface area contributed by atoms with Crippen molar-refractivity contribution in [2.75, 3.05) is 13.1 Å². The van der Waals surface area contributed by atoms with Gasteiger partial charge in [0.1, 0.15) is 6.10 Å².